The monoisotopic (exact) mass is 452 g/mol. The van der Waals surface area contributed by atoms with Gasteiger partial charge in [-0.1, -0.05) is 20.3 Å². The van der Waals surface area contributed by atoms with Gasteiger partial charge in [-0.2, -0.15) is 0 Å². The first-order valence-corrected chi connectivity index (χ1v) is 11.0. The smallest absolute Gasteiger partial charge is 0.261 e. The normalized spacial score (nSPS) is 20.4. The lowest BCUT2D eigenvalue weighted by molar-refractivity contribution is 0.167. The molecule has 1 aliphatic rings. The van der Waals surface area contributed by atoms with Crippen LogP contribution in [0, 0.1) is 11.7 Å². The number of hydrogen-bond acceptors (Lipinski definition) is 4. The molecule has 0 spiro atoms. The van der Waals surface area contributed by atoms with Crippen LogP contribution in [0.1, 0.15) is 45.5 Å². The third-order valence-corrected chi connectivity index (χ3v) is 6.19. The van der Waals surface area contributed by atoms with Crippen LogP contribution >= 0.6 is 15.9 Å². The fraction of sp³-hybridized carbons (Fsp3) is 0.619. The summed E-state index contributed by atoms with van der Waals surface area (Å²) >= 11 is 3.19. The molecule has 3 rings (SSSR count). The minimum absolute atomic E-state index is 0.0581. The van der Waals surface area contributed by atoms with Crippen LogP contribution in [0.25, 0.3) is 10.9 Å². The molecule has 1 fully saturated rings. The van der Waals surface area contributed by atoms with Crippen LogP contribution in [0.5, 0.6) is 0 Å². The summed E-state index contributed by atoms with van der Waals surface area (Å²) in [6.45, 7) is 10.9. The predicted octanol–water partition coefficient (Wildman–Crippen LogP) is 4.04. The molecule has 7 heteroatoms. The molecule has 2 heterocycles. The van der Waals surface area contributed by atoms with E-state index in [-0.39, 0.29) is 11.6 Å². The zero-order chi connectivity index (χ0) is 20.4. The van der Waals surface area contributed by atoms with Crippen molar-refractivity contribution < 1.29 is 4.39 Å². The highest BCUT2D eigenvalue weighted by molar-refractivity contribution is 9.10. The fourth-order valence-corrected chi connectivity index (χ4v) is 4.64. The Morgan fingerprint density at radius 3 is 2.71 bits per heavy atom. The highest BCUT2D eigenvalue weighted by Gasteiger charge is 2.28. The van der Waals surface area contributed by atoms with Gasteiger partial charge in [0.2, 0.25) is 0 Å². The van der Waals surface area contributed by atoms with Crippen LogP contribution in [0.15, 0.2) is 21.4 Å². The molecule has 28 heavy (non-hydrogen) atoms. The fourth-order valence-electron chi connectivity index (χ4n) is 4.30. The summed E-state index contributed by atoms with van der Waals surface area (Å²) in [4.78, 5) is 22.8. The van der Waals surface area contributed by atoms with E-state index in [0.29, 0.717) is 27.8 Å². The van der Waals surface area contributed by atoms with Crippen molar-refractivity contribution in [3.63, 3.8) is 0 Å². The summed E-state index contributed by atoms with van der Waals surface area (Å²) < 4.78 is 16.2. The Morgan fingerprint density at radius 2 is 2.04 bits per heavy atom. The van der Waals surface area contributed by atoms with E-state index in [0.717, 1.165) is 44.8 Å². The Labute approximate surface area is 174 Å². The molecule has 1 unspecified atom stereocenters. The van der Waals surface area contributed by atoms with Gasteiger partial charge in [0, 0.05) is 38.8 Å². The van der Waals surface area contributed by atoms with Crippen molar-refractivity contribution in [1.29, 1.82) is 0 Å². The van der Waals surface area contributed by atoms with E-state index >= 15 is 0 Å². The zero-order valence-corrected chi connectivity index (χ0v) is 18.8. The first kappa shape index (κ1) is 21.4. The van der Waals surface area contributed by atoms with E-state index in [9.17, 15) is 9.18 Å². The largest absolute Gasteiger partial charge is 0.305 e. The number of rotatable bonds is 5. The summed E-state index contributed by atoms with van der Waals surface area (Å²) in [5.41, 5.74) is 0.343. The zero-order valence-electron chi connectivity index (χ0n) is 17.2. The van der Waals surface area contributed by atoms with E-state index < -0.39 is 5.82 Å². The molecular formula is C21H30BrFN4O. The third kappa shape index (κ3) is 4.31. The molecule has 5 nitrogen and oxygen atoms in total. The van der Waals surface area contributed by atoms with Gasteiger partial charge >= 0.3 is 0 Å². The number of hydrogen-bond donors (Lipinski definition) is 0. The summed E-state index contributed by atoms with van der Waals surface area (Å²) in [6.07, 6.45) is 1.92. The van der Waals surface area contributed by atoms with E-state index in [1.807, 2.05) is 6.92 Å². The SMILES string of the molecule is CCCC(c1nc2cc(F)c(Br)cc2c(=O)n1CC)N1CCN(C)C[C@@H](C)C1. The Balaban J connectivity index is 2.14. The maximum atomic E-state index is 14.1. The maximum Gasteiger partial charge on any atom is 0.261 e. The molecular weight excluding hydrogens is 423 g/mol. The quantitative estimate of drug-likeness (QED) is 0.686. The molecule has 0 amide bonds. The van der Waals surface area contributed by atoms with Crippen molar-refractivity contribution in [2.24, 2.45) is 5.92 Å². The second-order valence-corrected chi connectivity index (χ2v) is 8.82. The molecule has 1 aliphatic heterocycles. The van der Waals surface area contributed by atoms with Crippen molar-refractivity contribution in [3.05, 3.63) is 38.6 Å². The minimum Gasteiger partial charge on any atom is -0.305 e. The van der Waals surface area contributed by atoms with Crippen LogP contribution in [0.2, 0.25) is 0 Å². The first-order chi connectivity index (χ1) is 13.3. The van der Waals surface area contributed by atoms with Gasteiger partial charge in [0.25, 0.3) is 5.56 Å². The molecule has 0 aliphatic carbocycles. The van der Waals surface area contributed by atoms with Gasteiger partial charge in [0.15, 0.2) is 0 Å². The third-order valence-electron chi connectivity index (χ3n) is 5.58. The number of nitrogens with zero attached hydrogens (tertiary/aromatic N) is 4. The lowest BCUT2D eigenvalue weighted by Gasteiger charge is -2.32. The van der Waals surface area contributed by atoms with E-state index in [1.165, 1.54) is 6.07 Å². The van der Waals surface area contributed by atoms with Gasteiger partial charge in [-0.15, -0.1) is 0 Å². The Hall–Kier alpha value is -1.31. The Kier molecular flexibility index (Phi) is 6.89. The van der Waals surface area contributed by atoms with Gasteiger partial charge in [-0.05, 0) is 48.3 Å². The molecule has 1 saturated heterocycles. The van der Waals surface area contributed by atoms with Crippen molar-refractivity contribution in [3.8, 4) is 0 Å². The van der Waals surface area contributed by atoms with Crippen molar-refractivity contribution >= 4 is 26.8 Å². The average molecular weight is 453 g/mol. The van der Waals surface area contributed by atoms with Crippen LogP contribution in [0.3, 0.4) is 0 Å². The lowest BCUT2D eigenvalue weighted by atomic mass is 10.1. The Morgan fingerprint density at radius 1 is 1.29 bits per heavy atom. The lowest BCUT2D eigenvalue weighted by Crippen LogP contribution is -2.38. The van der Waals surface area contributed by atoms with E-state index in [4.69, 9.17) is 4.98 Å². The molecule has 0 saturated carbocycles. The van der Waals surface area contributed by atoms with Crippen molar-refractivity contribution in [1.82, 2.24) is 19.4 Å². The van der Waals surface area contributed by atoms with Gasteiger partial charge in [0.05, 0.1) is 21.4 Å². The van der Waals surface area contributed by atoms with Gasteiger partial charge < -0.3 is 4.90 Å². The Bertz CT molecular complexity index is 900. The molecule has 2 aromatic rings. The highest BCUT2D eigenvalue weighted by Crippen LogP contribution is 2.28. The second kappa shape index (κ2) is 9.01. The van der Waals surface area contributed by atoms with Crippen LogP contribution in [0.4, 0.5) is 4.39 Å². The molecule has 2 atom stereocenters. The average Bonchev–Trinajstić information content (AvgIpc) is 2.81. The van der Waals surface area contributed by atoms with Crippen LogP contribution in [-0.4, -0.2) is 52.6 Å². The summed E-state index contributed by atoms with van der Waals surface area (Å²) in [6, 6.07) is 2.97. The van der Waals surface area contributed by atoms with Crippen LogP contribution in [-0.2, 0) is 6.54 Å². The second-order valence-electron chi connectivity index (χ2n) is 7.97. The predicted molar refractivity (Wildman–Crippen MR) is 115 cm³/mol. The van der Waals surface area contributed by atoms with Crippen molar-refractivity contribution in [2.45, 2.75) is 46.2 Å². The molecule has 1 aromatic heterocycles. The summed E-state index contributed by atoms with van der Waals surface area (Å²) in [5.74, 6) is 0.916. The molecule has 1 aromatic carbocycles. The first-order valence-electron chi connectivity index (χ1n) is 10.2. The van der Waals surface area contributed by atoms with E-state index in [1.54, 1.807) is 10.6 Å². The number of halogens is 2. The highest BCUT2D eigenvalue weighted by atomic mass is 79.9. The van der Waals surface area contributed by atoms with Gasteiger partial charge in [-0.3, -0.25) is 14.3 Å². The maximum absolute atomic E-state index is 14.1. The standard InChI is InChI=1S/C21H30BrFN4O/c1-5-7-19(26-9-8-25(4)12-14(3)13-26)20-24-18-11-17(23)16(22)10-15(18)21(28)27(20)6-2/h10-11,14,19H,5-9,12-13H2,1-4H3/t14-,19?/m1/s1. The number of aromatic nitrogens is 2. The number of fused-ring (bicyclic) bond motifs is 1. The molecule has 0 N–H and O–H groups in total. The molecule has 154 valence electrons. The summed E-state index contributed by atoms with van der Waals surface area (Å²) in [7, 11) is 2.16. The van der Waals surface area contributed by atoms with Crippen molar-refractivity contribution in [2.75, 3.05) is 33.2 Å². The number of benzene rings is 1. The van der Waals surface area contributed by atoms with Crippen LogP contribution < -0.4 is 5.56 Å². The topological polar surface area (TPSA) is 41.4 Å². The number of likely N-dealkylation sites (N-methyl/N-ethyl adjacent to an activating group) is 1. The minimum atomic E-state index is -0.392. The summed E-state index contributed by atoms with van der Waals surface area (Å²) in [5, 5.41) is 0.457. The van der Waals surface area contributed by atoms with E-state index in [2.05, 4.69) is 46.6 Å². The molecule has 0 radical (unpaired) electrons. The molecule has 0 bridgehead atoms. The van der Waals surface area contributed by atoms with Gasteiger partial charge in [0.1, 0.15) is 11.6 Å². The van der Waals surface area contributed by atoms with Gasteiger partial charge in [-0.25, -0.2) is 9.37 Å².